The zero-order valence-electron chi connectivity index (χ0n) is 19.3. The Kier molecular flexibility index (Phi) is 5.26. The lowest BCUT2D eigenvalue weighted by Gasteiger charge is -2.39. The number of rotatable bonds is 6. The summed E-state index contributed by atoms with van der Waals surface area (Å²) in [5, 5.41) is 17.1. The molecule has 3 heterocycles. The summed E-state index contributed by atoms with van der Waals surface area (Å²) in [6.45, 7) is 5.28. The van der Waals surface area contributed by atoms with Gasteiger partial charge in [-0.1, -0.05) is 12.8 Å². The Hall–Kier alpha value is -3.56. The van der Waals surface area contributed by atoms with Crippen LogP contribution in [-0.2, 0) is 12.1 Å². The topological polar surface area (TPSA) is 124 Å². The van der Waals surface area contributed by atoms with Crippen molar-refractivity contribution in [3.05, 3.63) is 45.3 Å². The second-order valence-corrected chi connectivity index (χ2v) is 9.35. The number of aromatic carboxylic acids is 1. The van der Waals surface area contributed by atoms with Gasteiger partial charge in [0.25, 0.3) is 0 Å². The minimum Gasteiger partial charge on any atom is -0.487 e. The van der Waals surface area contributed by atoms with Crippen molar-refractivity contribution >= 4 is 28.2 Å². The van der Waals surface area contributed by atoms with Crippen molar-refractivity contribution in [2.45, 2.75) is 58.0 Å². The van der Waals surface area contributed by atoms with Gasteiger partial charge in [0.15, 0.2) is 11.6 Å². The molecule has 0 unspecified atom stereocenters. The molecule has 2 aliphatic rings. The van der Waals surface area contributed by atoms with Crippen LogP contribution in [0, 0.1) is 19.7 Å². The number of aromatic nitrogens is 3. The summed E-state index contributed by atoms with van der Waals surface area (Å²) in [6, 6.07) is 2.00. The van der Waals surface area contributed by atoms with Crippen molar-refractivity contribution in [3.8, 4) is 5.75 Å². The van der Waals surface area contributed by atoms with Crippen LogP contribution in [0.4, 0.5) is 15.8 Å². The highest BCUT2D eigenvalue weighted by atomic mass is 19.1. The first kappa shape index (κ1) is 22.2. The first-order chi connectivity index (χ1) is 16.2. The zero-order chi connectivity index (χ0) is 24.2. The number of nitrogen functional groups attached to an aromatic ring is 1. The number of hydrogen-bond donors (Lipinski definition) is 3. The van der Waals surface area contributed by atoms with Gasteiger partial charge in [-0.3, -0.25) is 9.48 Å². The fourth-order valence-electron chi connectivity index (χ4n) is 5.41. The Morgan fingerprint density at radius 1 is 1.35 bits per heavy atom. The Morgan fingerprint density at radius 2 is 2.09 bits per heavy atom. The maximum absolute atomic E-state index is 15.5. The Bertz CT molecular complexity index is 1370. The number of nitrogens with zero attached hydrogens (tertiary/aromatic N) is 3. The average Bonchev–Trinajstić information content (AvgIpc) is 3.39. The van der Waals surface area contributed by atoms with Crippen molar-refractivity contribution in [2.75, 3.05) is 24.2 Å². The lowest BCUT2D eigenvalue weighted by Crippen LogP contribution is -2.42. The average molecular weight is 470 g/mol. The van der Waals surface area contributed by atoms with Crippen molar-refractivity contribution in [2.24, 2.45) is 0 Å². The third kappa shape index (κ3) is 3.31. The second kappa shape index (κ2) is 8.03. The number of anilines is 2. The van der Waals surface area contributed by atoms with E-state index in [0.717, 1.165) is 37.1 Å². The molecule has 9 nitrogen and oxygen atoms in total. The number of ether oxygens (including phenoxy) is 1. The number of fused-ring (bicyclic) bond motifs is 1. The number of nitrogens with two attached hydrogens (primary N) is 1. The molecule has 1 aromatic carbocycles. The smallest absolute Gasteiger partial charge is 0.341 e. The van der Waals surface area contributed by atoms with Crippen LogP contribution in [0.2, 0.25) is 0 Å². The standard InChI is InChI=1S/C24H28FN5O4/c1-13-10-14(2)30(28-13)9-5-8-27-19-17(25)18(26)16-20-22(19)34-12-24(6-3-4-7-24)29(20)11-15(21(16)31)23(32)33/h10-11,27H,3-9,12,26H2,1-2H3,(H,32,33). The van der Waals surface area contributed by atoms with Crippen LogP contribution in [0.5, 0.6) is 5.75 Å². The van der Waals surface area contributed by atoms with E-state index in [-0.39, 0.29) is 29.1 Å². The minimum atomic E-state index is -1.36. The number of halogens is 1. The number of carboxylic acid groups (broad SMARTS) is 1. The van der Waals surface area contributed by atoms with Gasteiger partial charge in [-0.2, -0.15) is 5.10 Å². The molecule has 10 heteroatoms. The number of benzene rings is 1. The molecular formula is C24H28FN5O4. The molecule has 34 heavy (non-hydrogen) atoms. The molecule has 1 aliphatic heterocycles. The van der Waals surface area contributed by atoms with E-state index in [0.29, 0.717) is 25.0 Å². The quantitative estimate of drug-likeness (QED) is 0.373. The number of hydrogen-bond acceptors (Lipinski definition) is 6. The van der Waals surface area contributed by atoms with Gasteiger partial charge in [0.2, 0.25) is 5.43 Å². The monoisotopic (exact) mass is 469 g/mol. The molecule has 0 atom stereocenters. The number of carbonyl (C=O) groups is 1. The normalized spacial score (nSPS) is 16.2. The molecule has 0 bridgehead atoms. The Morgan fingerprint density at radius 3 is 2.74 bits per heavy atom. The van der Waals surface area contributed by atoms with E-state index in [9.17, 15) is 14.7 Å². The van der Waals surface area contributed by atoms with Crippen LogP contribution in [-0.4, -0.2) is 38.6 Å². The molecule has 0 amide bonds. The van der Waals surface area contributed by atoms with Crippen LogP contribution in [0.1, 0.15) is 53.8 Å². The summed E-state index contributed by atoms with van der Waals surface area (Å²) in [5.74, 6) is -1.95. The summed E-state index contributed by atoms with van der Waals surface area (Å²) < 4.78 is 25.3. The van der Waals surface area contributed by atoms with Crippen molar-refractivity contribution < 1.29 is 19.0 Å². The summed E-state index contributed by atoms with van der Waals surface area (Å²) in [4.78, 5) is 24.8. The molecule has 1 saturated carbocycles. The number of aryl methyl sites for hydroxylation is 3. The predicted octanol–water partition coefficient (Wildman–Crippen LogP) is 3.40. The molecular weight excluding hydrogens is 441 g/mol. The first-order valence-electron chi connectivity index (χ1n) is 11.6. The molecule has 1 aliphatic carbocycles. The highest BCUT2D eigenvalue weighted by molar-refractivity contribution is 6.03. The number of pyridine rings is 1. The van der Waals surface area contributed by atoms with Gasteiger partial charge < -0.3 is 25.5 Å². The van der Waals surface area contributed by atoms with E-state index in [1.165, 1.54) is 6.20 Å². The molecule has 3 aromatic rings. The highest BCUT2D eigenvalue weighted by Gasteiger charge is 2.43. The van der Waals surface area contributed by atoms with Gasteiger partial charge in [-0.05, 0) is 39.2 Å². The number of nitrogens with one attached hydrogen (secondary N) is 1. The summed E-state index contributed by atoms with van der Waals surface area (Å²) in [6.07, 6.45) is 5.55. The van der Waals surface area contributed by atoms with Gasteiger partial charge >= 0.3 is 5.97 Å². The highest BCUT2D eigenvalue weighted by Crippen LogP contribution is 2.48. The second-order valence-electron chi connectivity index (χ2n) is 9.35. The minimum absolute atomic E-state index is 0.0995. The third-order valence-corrected chi connectivity index (χ3v) is 7.09. The van der Waals surface area contributed by atoms with Gasteiger partial charge in [0.1, 0.15) is 17.9 Å². The number of carboxylic acids is 1. The van der Waals surface area contributed by atoms with E-state index >= 15 is 4.39 Å². The van der Waals surface area contributed by atoms with Crippen molar-refractivity contribution in [3.63, 3.8) is 0 Å². The van der Waals surface area contributed by atoms with Gasteiger partial charge in [0.05, 0.1) is 27.8 Å². The van der Waals surface area contributed by atoms with Gasteiger partial charge in [-0.15, -0.1) is 0 Å². The molecule has 4 N–H and O–H groups in total. The SMILES string of the molecule is Cc1cc(C)n(CCCNc2c(F)c(N)c3c(=O)c(C(=O)O)cn4c3c2OCC42CCCC2)n1. The first-order valence-corrected chi connectivity index (χ1v) is 11.6. The van der Waals surface area contributed by atoms with Crippen LogP contribution in [0.3, 0.4) is 0 Å². The molecule has 1 spiro atoms. The van der Waals surface area contributed by atoms with E-state index in [4.69, 9.17) is 10.5 Å². The van der Waals surface area contributed by atoms with Crippen molar-refractivity contribution in [1.82, 2.24) is 14.3 Å². The van der Waals surface area contributed by atoms with Gasteiger partial charge in [-0.25, -0.2) is 9.18 Å². The zero-order valence-corrected chi connectivity index (χ0v) is 19.3. The maximum Gasteiger partial charge on any atom is 0.341 e. The molecule has 0 radical (unpaired) electrons. The fraction of sp³-hybridized carbons (Fsp3) is 0.458. The maximum atomic E-state index is 15.5. The largest absolute Gasteiger partial charge is 0.487 e. The van der Waals surface area contributed by atoms with Crippen LogP contribution in [0.25, 0.3) is 10.9 Å². The van der Waals surface area contributed by atoms with Crippen LogP contribution in [0.15, 0.2) is 17.1 Å². The molecule has 5 rings (SSSR count). The molecule has 2 aromatic heterocycles. The summed E-state index contributed by atoms with van der Waals surface area (Å²) >= 11 is 0. The van der Waals surface area contributed by atoms with E-state index in [1.54, 1.807) is 0 Å². The third-order valence-electron chi connectivity index (χ3n) is 7.09. The van der Waals surface area contributed by atoms with E-state index < -0.39 is 28.3 Å². The van der Waals surface area contributed by atoms with E-state index in [1.807, 2.05) is 29.2 Å². The lowest BCUT2D eigenvalue weighted by molar-refractivity contribution is 0.0692. The molecule has 1 fully saturated rings. The lowest BCUT2D eigenvalue weighted by atomic mass is 9.93. The summed E-state index contributed by atoms with van der Waals surface area (Å²) in [7, 11) is 0. The Labute approximate surface area is 195 Å². The molecule has 0 saturated heterocycles. The van der Waals surface area contributed by atoms with E-state index in [2.05, 4.69) is 10.4 Å². The Balaban J connectivity index is 1.58. The van der Waals surface area contributed by atoms with Crippen LogP contribution < -0.4 is 21.2 Å². The fourth-order valence-corrected chi connectivity index (χ4v) is 5.41. The molecule has 180 valence electrons. The summed E-state index contributed by atoms with van der Waals surface area (Å²) in [5.41, 5.74) is 6.53. The van der Waals surface area contributed by atoms with Gasteiger partial charge in [0, 0.05) is 25.0 Å². The van der Waals surface area contributed by atoms with Crippen LogP contribution >= 0.6 is 0 Å². The van der Waals surface area contributed by atoms with Crippen molar-refractivity contribution in [1.29, 1.82) is 0 Å². The predicted molar refractivity (Wildman–Crippen MR) is 126 cm³/mol.